The first-order valence-corrected chi connectivity index (χ1v) is 17.2. The summed E-state index contributed by atoms with van der Waals surface area (Å²) in [5.74, 6) is 0.957. The average molecular weight is 454 g/mol. The van der Waals surface area contributed by atoms with E-state index in [0.29, 0.717) is 19.8 Å². The zero-order valence-electron chi connectivity index (χ0n) is 19.3. The van der Waals surface area contributed by atoms with E-state index in [4.69, 9.17) is 13.6 Å². The van der Waals surface area contributed by atoms with Crippen molar-refractivity contribution < 1.29 is 18.4 Å². The predicted molar refractivity (Wildman–Crippen MR) is 131 cm³/mol. The quantitative estimate of drug-likeness (QED) is 0.268. The summed E-state index contributed by atoms with van der Waals surface area (Å²) in [6.45, 7) is 19.0. The average Bonchev–Trinajstić information content (AvgIpc) is 2.64. The van der Waals surface area contributed by atoms with Crippen LogP contribution in [-0.4, -0.2) is 65.8 Å². The number of carbonyl (C=O) groups is 1. The third kappa shape index (κ3) is 8.26. The third-order valence-corrected chi connectivity index (χ3v) is 11.5. The molecule has 5 nitrogen and oxygen atoms in total. The third-order valence-electron chi connectivity index (χ3n) is 5.25. The first-order chi connectivity index (χ1) is 13.4. The number of nitrogens with zero attached hydrogens (tertiary/aromatic N) is 1. The Balaban J connectivity index is 0.00000450. The number of ether oxygens (including phenoxy) is 2. The smallest absolute Gasteiger partial charge is 0.182 e. The molecule has 0 spiro atoms. The molecule has 0 amide bonds. The van der Waals surface area contributed by atoms with E-state index in [-0.39, 0.29) is 13.2 Å². The van der Waals surface area contributed by atoms with Gasteiger partial charge >= 0.3 is 0 Å². The summed E-state index contributed by atoms with van der Waals surface area (Å²) in [4.78, 5) is 15.2. The van der Waals surface area contributed by atoms with E-state index in [9.17, 15) is 4.79 Å². The molecule has 30 heavy (non-hydrogen) atoms. The highest BCUT2D eigenvalue weighted by Gasteiger charge is 2.36. The molecule has 1 aromatic carbocycles. The Morgan fingerprint density at radius 1 is 1.07 bits per heavy atom. The Bertz CT molecular complexity index is 663. The van der Waals surface area contributed by atoms with Crippen LogP contribution in [0.5, 0.6) is 5.75 Å². The summed E-state index contributed by atoms with van der Waals surface area (Å²) in [6, 6.07) is 8.68. The molecule has 0 saturated carbocycles. The van der Waals surface area contributed by atoms with Crippen LogP contribution in [0.1, 0.15) is 38.1 Å². The van der Waals surface area contributed by atoms with Gasteiger partial charge in [-0.3, -0.25) is 9.69 Å². The lowest BCUT2D eigenvalue weighted by atomic mass is 9.91. The highest BCUT2D eigenvalue weighted by atomic mass is 28.4. The van der Waals surface area contributed by atoms with Crippen molar-refractivity contribution in [2.75, 3.05) is 32.9 Å². The molecular formula is C23H43NO4Si2. The van der Waals surface area contributed by atoms with E-state index in [1.54, 1.807) is 0 Å². The summed E-state index contributed by atoms with van der Waals surface area (Å²) in [6.07, 6.45) is 0.994. The van der Waals surface area contributed by atoms with Crippen molar-refractivity contribution in [1.29, 1.82) is 0 Å². The van der Waals surface area contributed by atoms with Gasteiger partial charge in [-0.25, -0.2) is 0 Å². The maximum Gasteiger partial charge on any atom is 0.182 e. The van der Waals surface area contributed by atoms with Gasteiger partial charge in [-0.1, -0.05) is 7.43 Å². The molecule has 0 bridgehead atoms. The second-order valence-electron chi connectivity index (χ2n) is 9.94. The number of Topliss-reactive ketones (excluding diaryl/α,β-unsaturated/α-hetero) is 1. The number of rotatable bonds is 10. The maximum absolute atomic E-state index is 13.0. The predicted octanol–water partition coefficient (Wildman–Crippen LogP) is 5.44. The lowest BCUT2D eigenvalue weighted by Crippen LogP contribution is -2.54. The second-order valence-corrected chi connectivity index (χ2v) is 19.0. The Morgan fingerprint density at radius 3 is 2.17 bits per heavy atom. The monoisotopic (exact) mass is 453 g/mol. The molecule has 1 aliphatic rings. The molecule has 0 aliphatic carbocycles. The van der Waals surface area contributed by atoms with E-state index in [2.05, 4.69) is 37.6 Å². The van der Waals surface area contributed by atoms with Crippen molar-refractivity contribution >= 4 is 22.4 Å². The van der Waals surface area contributed by atoms with Crippen LogP contribution in [0.15, 0.2) is 24.3 Å². The molecule has 1 aliphatic heterocycles. The van der Waals surface area contributed by atoms with Crippen molar-refractivity contribution in [2.45, 2.75) is 72.0 Å². The van der Waals surface area contributed by atoms with E-state index in [1.807, 2.05) is 38.1 Å². The van der Waals surface area contributed by atoms with Gasteiger partial charge in [0.05, 0.1) is 25.4 Å². The summed E-state index contributed by atoms with van der Waals surface area (Å²) in [5.41, 5.74) is 0.199. The van der Waals surface area contributed by atoms with E-state index >= 15 is 0 Å². The number of hydrogen-bond acceptors (Lipinski definition) is 5. The van der Waals surface area contributed by atoms with Crippen LogP contribution in [0, 0.1) is 0 Å². The van der Waals surface area contributed by atoms with Gasteiger partial charge in [0.15, 0.2) is 22.4 Å². The van der Waals surface area contributed by atoms with Gasteiger partial charge in [0.2, 0.25) is 0 Å². The molecule has 0 aromatic heterocycles. The number of ketones is 1. The Hall–Kier alpha value is -0.996. The molecule has 1 heterocycles. The minimum Gasteiger partial charge on any atom is -0.494 e. The number of benzene rings is 1. The van der Waals surface area contributed by atoms with Crippen LogP contribution in [0.3, 0.4) is 0 Å². The molecule has 1 fully saturated rings. The van der Waals surface area contributed by atoms with Gasteiger partial charge < -0.3 is 13.6 Å². The van der Waals surface area contributed by atoms with Gasteiger partial charge in [-0.2, -0.15) is 0 Å². The Labute approximate surface area is 186 Å². The molecule has 2 rings (SSSR count). The summed E-state index contributed by atoms with van der Waals surface area (Å²) in [5, 5.41) is 0. The lowest BCUT2D eigenvalue weighted by molar-refractivity contribution is -0.00430. The van der Waals surface area contributed by atoms with Gasteiger partial charge in [0.1, 0.15) is 5.75 Å². The minimum absolute atomic E-state index is 0. The topological polar surface area (TPSA) is 48.0 Å². The van der Waals surface area contributed by atoms with Gasteiger partial charge in [0, 0.05) is 18.7 Å². The largest absolute Gasteiger partial charge is 0.494 e. The van der Waals surface area contributed by atoms with Crippen LogP contribution in [0.4, 0.5) is 0 Å². The summed E-state index contributed by atoms with van der Waals surface area (Å²) < 4.78 is 17.7. The number of carbonyl (C=O) groups excluding carboxylic acids is 1. The van der Waals surface area contributed by atoms with Crippen LogP contribution in [0.25, 0.3) is 0 Å². The normalized spacial score (nSPS) is 16.1. The molecule has 1 aromatic rings. The Kier molecular flexibility index (Phi) is 9.95. The standard InChI is InChI=1S/C22H39NO4Si2.CH4/c1-22(2,23-13-16-25-17-14-23)21(24)19-9-11-20(12-10-19)26-15-8-18-29(6,7)27-28(3,4)5;/h9-12H,8,13-18H2,1-7H3;1H4. The van der Waals surface area contributed by atoms with Crippen LogP contribution in [0.2, 0.25) is 38.8 Å². The number of hydrogen-bond donors (Lipinski definition) is 0. The SMILES string of the molecule is C.CC(C)(C(=O)c1ccc(OCCC[Si](C)(C)O[Si](C)(C)C)cc1)N1CCOCC1. The zero-order valence-corrected chi connectivity index (χ0v) is 21.3. The molecular weight excluding hydrogens is 410 g/mol. The molecule has 0 unspecified atom stereocenters. The zero-order chi connectivity index (χ0) is 21.7. The van der Waals surface area contributed by atoms with Crippen molar-refractivity contribution in [3.8, 4) is 5.75 Å². The van der Waals surface area contributed by atoms with E-state index in [1.165, 1.54) is 0 Å². The molecule has 0 atom stereocenters. The fourth-order valence-electron chi connectivity index (χ4n) is 3.89. The number of morpholine rings is 1. The highest BCUT2D eigenvalue weighted by molar-refractivity contribution is 6.84. The van der Waals surface area contributed by atoms with Crippen molar-refractivity contribution in [3.63, 3.8) is 0 Å². The second kappa shape index (κ2) is 11.0. The molecule has 172 valence electrons. The Morgan fingerprint density at radius 2 is 1.63 bits per heavy atom. The highest BCUT2D eigenvalue weighted by Crippen LogP contribution is 2.24. The van der Waals surface area contributed by atoms with E-state index in [0.717, 1.165) is 36.9 Å². The molecule has 0 N–H and O–H groups in total. The van der Waals surface area contributed by atoms with Crippen LogP contribution >= 0.6 is 0 Å². The van der Waals surface area contributed by atoms with Gasteiger partial charge in [-0.05, 0) is 83.3 Å². The molecule has 1 saturated heterocycles. The fraction of sp³-hybridized carbons (Fsp3) is 0.696. The van der Waals surface area contributed by atoms with Crippen molar-refractivity contribution in [3.05, 3.63) is 29.8 Å². The van der Waals surface area contributed by atoms with Gasteiger partial charge in [0.25, 0.3) is 0 Å². The molecule has 7 heteroatoms. The maximum atomic E-state index is 13.0. The van der Waals surface area contributed by atoms with Crippen LogP contribution < -0.4 is 4.74 Å². The first-order valence-electron chi connectivity index (χ1n) is 10.7. The van der Waals surface area contributed by atoms with Crippen molar-refractivity contribution in [2.24, 2.45) is 0 Å². The lowest BCUT2D eigenvalue weighted by Gasteiger charge is -2.39. The van der Waals surface area contributed by atoms with Crippen molar-refractivity contribution in [1.82, 2.24) is 4.90 Å². The summed E-state index contributed by atoms with van der Waals surface area (Å²) in [7, 11) is -3.10. The summed E-state index contributed by atoms with van der Waals surface area (Å²) >= 11 is 0. The van der Waals surface area contributed by atoms with Gasteiger partial charge in [-0.15, -0.1) is 0 Å². The van der Waals surface area contributed by atoms with E-state index < -0.39 is 22.2 Å². The van der Waals surface area contributed by atoms with Crippen LogP contribution in [-0.2, 0) is 8.85 Å². The minimum atomic E-state index is -1.61. The first kappa shape index (κ1) is 27.0. The molecule has 0 radical (unpaired) electrons. The fourth-order valence-corrected chi connectivity index (χ4v) is 11.9.